The number of carbonyl (C=O) groups excluding carboxylic acids is 5. The third kappa shape index (κ3) is 15.1. The monoisotopic (exact) mass is 990 g/mol. The van der Waals surface area contributed by atoms with Crippen LogP contribution in [0.5, 0.6) is 23.0 Å². The number of rotatable bonds is 11. The molecule has 0 bridgehead atoms. The summed E-state index contributed by atoms with van der Waals surface area (Å²) in [5, 5.41) is 0. The van der Waals surface area contributed by atoms with Crippen LogP contribution in [0.15, 0.2) is 139 Å². The van der Waals surface area contributed by atoms with Crippen molar-refractivity contribution in [3.8, 4) is 46.7 Å². The molecule has 0 aliphatic carbocycles. The molecule has 0 heterocycles. The average Bonchev–Trinajstić information content (AvgIpc) is 3.26. The lowest BCUT2D eigenvalue weighted by atomic mass is 10.1. The minimum atomic E-state index is -5.36. The molecule has 0 radical (unpaired) electrons. The van der Waals surface area contributed by atoms with Crippen molar-refractivity contribution in [2.45, 2.75) is 31.6 Å². The quantitative estimate of drug-likeness (QED) is 0.0357. The van der Waals surface area contributed by atoms with Crippen LogP contribution in [0.4, 0.5) is 52.7 Å². The predicted octanol–water partition coefficient (Wildman–Crippen LogP) is 10.8. The van der Waals surface area contributed by atoms with Crippen LogP contribution in [0, 0.1) is 23.7 Å². The van der Waals surface area contributed by atoms with Crippen molar-refractivity contribution < 1.29 is 100 Å². The number of carbonyl (C=O) groups is 5. The van der Waals surface area contributed by atoms with E-state index in [1.54, 1.807) is 0 Å². The third-order valence-electron chi connectivity index (χ3n) is 8.41. The molecule has 4 aromatic rings. The highest BCUT2D eigenvalue weighted by Crippen LogP contribution is 2.35. The predicted molar refractivity (Wildman–Crippen MR) is 220 cm³/mol. The van der Waals surface area contributed by atoms with Gasteiger partial charge in [-0.15, -0.1) is 0 Å². The van der Waals surface area contributed by atoms with E-state index in [9.17, 15) is 76.7 Å². The van der Waals surface area contributed by atoms with Crippen LogP contribution >= 0.6 is 0 Å². The number of benzene rings is 4. The molecule has 362 valence electrons. The highest BCUT2D eigenvalue weighted by molar-refractivity contribution is 5.94. The zero-order valence-corrected chi connectivity index (χ0v) is 35.1. The third-order valence-corrected chi connectivity index (χ3v) is 8.41. The van der Waals surface area contributed by atoms with Gasteiger partial charge in [-0.25, -0.2) is 24.0 Å². The summed E-state index contributed by atoms with van der Waals surface area (Å²) in [6, 6.07) is 15.6. The van der Waals surface area contributed by atoms with Crippen LogP contribution in [0.25, 0.3) is 6.08 Å². The molecule has 4 rings (SSSR count). The molecule has 0 atom stereocenters. The minimum Gasteiger partial charge on any atom is -0.428 e. The minimum absolute atomic E-state index is 0.0262. The van der Waals surface area contributed by atoms with Crippen molar-refractivity contribution in [1.82, 2.24) is 0 Å². The first-order valence-electron chi connectivity index (χ1n) is 18.7. The van der Waals surface area contributed by atoms with Crippen molar-refractivity contribution in [3.05, 3.63) is 173 Å². The standard InChI is InChI=1S/C48H26F12O10/c1-25(22-32-12-19-36(20-13-32)68-41(62)27(3)46(52,53)54)66-44(65)34-15-8-30(9-16-34)6-7-33-23-38(69-42(63)28(4)47(55,56)57)37(39(24-33)70-43(64)29(5)48(58,59)60)21-14-31-10-17-35(18-11-31)67-40(61)26(2)45(49,50)51/h8-13,15-20,22-24H,2-5H2,1H3/b25-22+. The highest BCUT2D eigenvalue weighted by Gasteiger charge is 2.41. The molecule has 22 heteroatoms. The van der Waals surface area contributed by atoms with Gasteiger partial charge in [-0.05, 0) is 91.4 Å². The Balaban J connectivity index is 1.67. The van der Waals surface area contributed by atoms with E-state index >= 15 is 0 Å². The number of alkyl halides is 12. The zero-order chi connectivity index (χ0) is 52.5. The van der Waals surface area contributed by atoms with Gasteiger partial charge in [0.1, 0.15) is 45.1 Å². The lowest BCUT2D eigenvalue weighted by molar-refractivity contribution is -0.144. The SMILES string of the molecule is C=C(C(=O)Oc1ccc(C#Cc2c(OC(=O)C(=C)C(F)(F)F)cc(C#Cc3ccc(C(=O)O/C(C)=C/c4ccc(OC(=O)C(=C)C(F)(F)F)cc4)cc3)cc2OC(=O)C(=C)C(F)(F)F)cc1)C(F)(F)F. The number of hydrogen-bond acceptors (Lipinski definition) is 10. The maximum atomic E-state index is 13.4. The molecule has 0 fully saturated rings. The molecule has 70 heavy (non-hydrogen) atoms. The molecule has 0 unspecified atom stereocenters. The van der Waals surface area contributed by atoms with Crippen LogP contribution in [-0.4, -0.2) is 54.6 Å². The molecule has 0 saturated heterocycles. The molecular formula is C48H26F12O10. The van der Waals surface area contributed by atoms with Gasteiger partial charge in [0.25, 0.3) is 0 Å². The highest BCUT2D eigenvalue weighted by atomic mass is 19.4. The molecule has 0 saturated carbocycles. The number of allylic oxidation sites excluding steroid dienone is 1. The van der Waals surface area contributed by atoms with Gasteiger partial charge in [0.15, 0.2) is 11.5 Å². The second kappa shape index (κ2) is 21.4. The first kappa shape index (κ1) is 53.8. The fraction of sp³-hybridized carbons (Fsp3) is 0.104. The number of halogens is 12. The number of ether oxygens (including phenoxy) is 5. The summed E-state index contributed by atoms with van der Waals surface area (Å²) in [6.07, 6.45) is -19.5. The second-order valence-corrected chi connectivity index (χ2v) is 13.6. The van der Waals surface area contributed by atoms with Gasteiger partial charge >= 0.3 is 54.6 Å². The van der Waals surface area contributed by atoms with Gasteiger partial charge < -0.3 is 23.7 Å². The lowest BCUT2D eigenvalue weighted by Gasteiger charge is -2.15. The smallest absolute Gasteiger partial charge is 0.422 e. The first-order chi connectivity index (χ1) is 32.3. The van der Waals surface area contributed by atoms with Gasteiger partial charge in [-0.2, -0.15) is 52.7 Å². The molecule has 0 aliphatic heterocycles. The van der Waals surface area contributed by atoms with Crippen LogP contribution in [0.3, 0.4) is 0 Å². The average molecular weight is 991 g/mol. The van der Waals surface area contributed by atoms with Crippen LogP contribution in [0.1, 0.15) is 45.1 Å². The lowest BCUT2D eigenvalue weighted by Crippen LogP contribution is -2.24. The molecule has 0 aliphatic rings. The Kier molecular flexibility index (Phi) is 16.5. The summed E-state index contributed by atoms with van der Waals surface area (Å²) in [6.45, 7) is 11.9. The largest absolute Gasteiger partial charge is 0.428 e. The van der Waals surface area contributed by atoms with E-state index in [2.05, 4.69) is 59.5 Å². The van der Waals surface area contributed by atoms with E-state index in [1.807, 2.05) is 0 Å². The molecule has 0 N–H and O–H groups in total. The number of hydrogen-bond donors (Lipinski definition) is 0. The maximum absolute atomic E-state index is 13.4. The van der Waals surface area contributed by atoms with Crippen molar-refractivity contribution in [1.29, 1.82) is 0 Å². The van der Waals surface area contributed by atoms with Crippen molar-refractivity contribution in [2.75, 3.05) is 0 Å². The molecule has 4 aromatic carbocycles. The summed E-state index contributed by atoms with van der Waals surface area (Å²) >= 11 is 0. The van der Waals surface area contributed by atoms with E-state index in [1.165, 1.54) is 61.5 Å². The van der Waals surface area contributed by atoms with Gasteiger partial charge in [-0.3, -0.25) is 0 Å². The van der Waals surface area contributed by atoms with E-state index in [0.717, 1.165) is 36.4 Å². The Morgan fingerprint density at radius 1 is 0.457 bits per heavy atom. The summed E-state index contributed by atoms with van der Waals surface area (Å²) in [4.78, 5) is 61.5. The van der Waals surface area contributed by atoms with Gasteiger partial charge in [0.2, 0.25) is 0 Å². The van der Waals surface area contributed by atoms with Crippen molar-refractivity contribution in [2.24, 2.45) is 0 Å². The summed E-state index contributed by atoms with van der Waals surface area (Å²) < 4.78 is 182. The van der Waals surface area contributed by atoms with E-state index < -0.39 is 99.7 Å². The van der Waals surface area contributed by atoms with Crippen LogP contribution in [-0.2, 0) is 23.9 Å². The summed E-state index contributed by atoms with van der Waals surface area (Å²) in [5.41, 5.74) is -8.58. The fourth-order valence-electron chi connectivity index (χ4n) is 4.75. The first-order valence-corrected chi connectivity index (χ1v) is 18.7. The van der Waals surface area contributed by atoms with E-state index in [-0.39, 0.29) is 33.8 Å². The molecule has 0 spiro atoms. The molecule has 10 nitrogen and oxygen atoms in total. The number of esters is 5. The Hall–Kier alpha value is -8.79. The zero-order valence-electron chi connectivity index (χ0n) is 35.1. The molecule has 0 aromatic heterocycles. The summed E-state index contributed by atoms with van der Waals surface area (Å²) in [5.74, 6) is -1.64. The maximum Gasteiger partial charge on any atom is 0.422 e. The summed E-state index contributed by atoms with van der Waals surface area (Å²) in [7, 11) is 0. The Bertz CT molecular complexity index is 2890. The van der Waals surface area contributed by atoms with Crippen LogP contribution in [0.2, 0.25) is 0 Å². The Labute approximate surface area is 386 Å². The van der Waals surface area contributed by atoms with Crippen molar-refractivity contribution >= 4 is 35.9 Å². The van der Waals surface area contributed by atoms with Gasteiger partial charge in [-0.1, -0.05) is 62.1 Å². The van der Waals surface area contributed by atoms with Crippen LogP contribution < -0.4 is 18.9 Å². The van der Waals surface area contributed by atoms with Crippen molar-refractivity contribution in [3.63, 3.8) is 0 Å². The molecule has 0 amide bonds. The fourth-order valence-corrected chi connectivity index (χ4v) is 4.75. The second-order valence-electron chi connectivity index (χ2n) is 13.6. The topological polar surface area (TPSA) is 132 Å². The Morgan fingerprint density at radius 3 is 1.17 bits per heavy atom. The Morgan fingerprint density at radius 2 is 0.786 bits per heavy atom. The van der Waals surface area contributed by atoms with Gasteiger partial charge in [0, 0.05) is 16.7 Å². The normalized spacial score (nSPS) is 11.6. The van der Waals surface area contributed by atoms with Gasteiger partial charge in [0.05, 0.1) is 5.56 Å². The van der Waals surface area contributed by atoms with E-state index in [4.69, 9.17) is 14.2 Å². The molecular weight excluding hydrogens is 964 g/mol. The van der Waals surface area contributed by atoms with E-state index in [0.29, 0.717) is 5.56 Å².